The van der Waals surface area contributed by atoms with E-state index in [0.717, 1.165) is 32.1 Å². The molecule has 3 N–H and O–H groups in total. The quantitative estimate of drug-likeness (QED) is 0.882. The maximum absolute atomic E-state index is 12.2. The lowest BCUT2D eigenvalue weighted by atomic mass is 9.66. The molecule has 0 saturated heterocycles. The van der Waals surface area contributed by atoms with Crippen LogP contribution >= 0.6 is 0 Å². The zero-order valence-electron chi connectivity index (χ0n) is 12.0. The summed E-state index contributed by atoms with van der Waals surface area (Å²) in [5.41, 5.74) is 8.77. The standard InChI is InChI=1S/C17H24N2O/c18-12-17(8-3-9-17)11-16(20)19-15-7-6-13-4-1-2-5-14(13)10-15/h1-2,4-5,15H,3,6-12,18H2,(H,19,20). The number of nitrogens with one attached hydrogen (secondary N) is 1. The second-order valence-corrected chi connectivity index (χ2v) is 6.51. The molecule has 0 bridgehead atoms. The van der Waals surface area contributed by atoms with Crippen LogP contribution in [0.5, 0.6) is 0 Å². The number of nitrogens with two attached hydrogens (primary N) is 1. The fourth-order valence-corrected chi connectivity index (χ4v) is 3.57. The minimum absolute atomic E-state index is 0.108. The Kier molecular flexibility index (Phi) is 3.79. The molecule has 2 aliphatic carbocycles. The van der Waals surface area contributed by atoms with Gasteiger partial charge in [0.25, 0.3) is 0 Å². The first-order valence-corrected chi connectivity index (χ1v) is 7.77. The zero-order chi connectivity index (χ0) is 14.0. The van der Waals surface area contributed by atoms with Crippen molar-refractivity contribution in [3.8, 4) is 0 Å². The SMILES string of the molecule is NCC1(CC(=O)NC2CCc3ccccc3C2)CCC1. The van der Waals surface area contributed by atoms with Gasteiger partial charge in [-0.1, -0.05) is 30.7 Å². The van der Waals surface area contributed by atoms with Crippen molar-refractivity contribution >= 4 is 5.91 Å². The molecule has 3 heteroatoms. The van der Waals surface area contributed by atoms with Gasteiger partial charge >= 0.3 is 0 Å². The van der Waals surface area contributed by atoms with E-state index < -0.39 is 0 Å². The molecule has 0 aliphatic heterocycles. The highest BCUT2D eigenvalue weighted by Crippen LogP contribution is 2.42. The van der Waals surface area contributed by atoms with E-state index in [2.05, 4.69) is 29.6 Å². The van der Waals surface area contributed by atoms with Gasteiger partial charge in [0.1, 0.15) is 0 Å². The van der Waals surface area contributed by atoms with Gasteiger partial charge in [0.15, 0.2) is 0 Å². The molecule has 0 spiro atoms. The number of amides is 1. The third-order valence-electron chi connectivity index (χ3n) is 5.09. The smallest absolute Gasteiger partial charge is 0.220 e. The van der Waals surface area contributed by atoms with Gasteiger partial charge in [0.05, 0.1) is 0 Å². The van der Waals surface area contributed by atoms with Gasteiger partial charge in [0.2, 0.25) is 5.91 Å². The second kappa shape index (κ2) is 5.57. The summed E-state index contributed by atoms with van der Waals surface area (Å²) in [7, 11) is 0. The molecule has 1 unspecified atom stereocenters. The van der Waals surface area contributed by atoms with Crippen molar-refractivity contribution in [1.29, 1.82) is 0 Å². The molecule has 1 amide bonds. The normalized spacial score (nSPS) is 23.6. The highest BCUT2D eigenvalue weighted by molar-refractivity contribution is 5.77. The number of hydrogen-bond acceptors (Lipinski definition) is 2. The van der Waals surface area contributed by atoms with Crippen molar-refractivity contribution in [2.24, 2.45) is 11.1 Å². The second-order valence-electron chi connectivity index (χ2n) is 6.51. The predicted octanol–water partition coefficient (Wildman–Crippen LogP) is 2.18. The number of rotatable bonds is 4. The van der Waals surface area contributed by atoms with E-state index in [1.54, 1.807) is 0 Å². The van der Waals surface area contributed by atoms with Gasteiger partial charge in [-0.15, -0.1) is 0 Å². The number of benzene rings is 1. The molecular weight excluding hydrogens is 248 g/mol. The zero-order valence-corrected chi connectivity index (χ0v) is 12.0. The van der Waals surface area contributed by atoms with E-state index >= 15 is 0 Å². The average molecular weight is 272 g/mol. The van der Waals surface area contributed by atoms with E-state index in [9.17, 15) is 4.79 Å². The van der Waals surface area contributed by atoms with Crippen LogP contribution in [0.2, 0.25) is 0 Å². The molecule has 0 heterocycles. The van der Waals surface area contributed by atoms with Crippen LogP contribution in [0.4, 0.5) is 0 Å². The van der Waals surface area contributed by atoms with Crippen molar-refractivity contribution in [3.63, 3.8) is 0 Å². The van der Waals surface area contributed by atoms with Gasteiger partial charge < -0.3 is 11.1 Å². The van der Waals surface area contributed by atoms with Crippen LogP contribution in [-0.2, 0) is 17.6 Å². The summed E-state index contributed by atoms with van der Waals surface area (Å²) in [5.74, 6) is 0.194. The third kappa shape index (κ3) is 2.73. The van der Waals surface area contributed by atoms with Crippen LogP contribution < -0.4 is 11.1 Å². The Balaban J connectivity index is 1.55. The lowest BCUT2D eigenvalue weighted by Crippen LogP contribution is -2.45. The Morgan fingerprint density at radius 2 is 2.05 bits per heavy atom. The largest absolute Gasteiger partial charge is 0.353 e. The van der Waals surface area contributed by atoms with Crippen LogP contribution in [-0.4, -0.2) is 18.5 Å². The molecule has 0 aromatic heterocycles. The van der Waals surface area contributed by atoms with Crippen LogP contribution in [0, 0.1) is 5.41 Å². The molecule has 3 nitrogen and oxygen atoms in total. The summed E-state index contributed by atoms with van der Waals surface area (Å²) in [6.07, 6.45) is 7.16. The van der Waals surface area contributed by atoms with Gasteiger partial charge in [0, 0.05) is 12.5 Å². The van der Waals surface area contributed by atoms with Gasteiger partial charge in [-0.05, 0) is 55.2 Å². The highest BCUT2D eigenvalue weighted by Gasteiger charge is 2.37. The molecular formula is C17H24N2O. The van der Waals surface area contributed by atoms with Crippen LogP contribution in [0.3, 0.4) is 0 Å². The number of hydrogen-bond donors (Lipinski definition) is 2. The van der Waals surface area contributed by atoms with Crippen molar-refractivity contribution in [3.05, 3.63) is 35.4 Å². The van der Waals surface area contributed by atoms with E-state index in [0.29, 0.717) is 19.0 Å². The molecule has 20 heavy (non-hydrogen) atoms. The first-order valence-electron chi connectivity index (χ1n) is 7.77. The van der Waals surface area contributed by atoms with Gasteiger partial charge in [-0.3, -0.25) is 4.79 Å². The lowest BCUT2D eigenvalue weighted by molar-refractivity contribution is -0.125. The number of carbonyl (C=O) groups excluding carboxylic acids is 1. The summed E-state index contributed by atoms with van der Waals surface area (Å²) < 4.78 is 0. The van der Waals surface area contributed by atoms with E-state index in [1.165, 1.54) is 17.5 Å². The van der Waals surface area contributed by atoms with Crippen LogP contribution in [0.25, 0.3) is 0 Å². The number of aryl methyl sites for hydroxylation is 1. The van der Waals surface area contributed by atoms with E-state index in [1.807, 2.05) is 0 Å². The number of fused-ring (bicyclic) bond motifs is 1. The molecule has 1 aromatic carbocycles. The van der Waals surface area contributed by atoms with Crippen LogP contribution in [0.1, 0.15) is 43.2 Å². The fourth-order valence-electron chi connectivity index (χ4n) is 3.57. The van der Waals surface area contributed by atoms with E-state index in [4.69, 9.17) is 5.73 Å². The molecule has 1 saturated carbocycles. The molecule has 2 aliphatic rings. The molecule has 1 aromatic rings. The van der Waals surface area contributed by atoms with E-state index in [-0.39, 0.29) is 11.3 Å². The average Bonchev–Trinajstić information content (AvgIpc) is 2.43. The first kappa shape index (κ1) is 13.6. The monoisotopic (exact) mass is 272 g/mol. The maximum Gasteiger partial charge on any atom is 0.220 e. The minimum atomic E-state index is 0.108. The molecule has 1 atom stereocenters. The number of carbonyl (C=O) groups is 1. The third-order valence-corrected chi connectivity index (χ3v) is 5.09. The molecule has 3 rings (SSSR count). The first-order chi connectivity index (χ1) is 9.71. The molecule has 108 valence electrons. The van der Waals surface area contributed by atoms with Gasteiger partial charge in [-0.25, -0.2) is 0 Å². The fraction of sp³-hybridized carbons (Fsp3) is 0.588. The van der Waals surface area contributed by atoms with Crippen LogP contribution in [0.15, 0.2) is 24.3 Å². The van der Waals surface area contributed by atoms with Crippen molar-refractivity contribution in [2.75, 3.05) is 6.54 Å². The summed E-state index contributed by atoms with van der Waals surface area (Å²) in [4.78, 5) is 12.2. The van der Waals surface area contributed by atoms with Crippen molar-refractivity contribution in [2.45, 2.75) is 51.0 Å². The summed E-state index contributed by atoms with van der Waals surface area (Å²) in [6.45, 7) is 0.647. The molecule has 0 radical (unpaired) electrons. The summed E-state index contributed by atoms with van der Waals surface area (Å²) >= 11 is 0. The van der Waals surface area contributed by atoms with Gasteiger partial charge in [-0.2, -0.15) is 0 Å². The lowest BCUT2D eigenvalue weighted by Gasteiger charge is -2.40. The Labute approximate surface area is 120 Å². The maximum atomic E-state index is 12.2. The topological polar surface area (TPSA) is 55.1 Å². The minimum Gasteiger partial charge on any atom is -0.353 e. The Morgan fingerprint density at radius 3 is 2.70 bits per heavy atom. The molecule has 1 fully saturated rings. The predicted molar refractivity (Wildman–Crippen MR) is 80.4 cm³/mol. The van der Waals surface area contributed by atoms with Crippen molar-refractivity contribution in [1.82, 2.24) is 5.32 Å². The Morgan fingerprint density at radius 1 is 1.30 bits per heavy atom. The summed E-state index contributed by atoms with van der Waals surface area (Å²) in [6, 6.07) is 8.86. The Hall–Kier alpha value is -1.35. The van der Waals surface area contributed by atoms with Crippen molar-refractivity contribution < 1.29 is 4.79 Å². The highest BCUT2D eigenvalue weighted by atomic mass is 16.1. The Bertz CT molecular complexity index is 488. The summed E-state index contributed by atoms with van der Waals surface area (Å²) in [5, 5.41) is 3.22.